The largest absolute Gasteiger partial charge is 0.462 e. The molecule has 2 aromatic carbocycles. The number of carbonyl (C=O) groups excluding carboxylic acids is 3. The number of allylic oxidation sites excluding steroid dienone is 1. The lowest BCUT2D eigenvalue weighted by Gasteiger charge is -2.47. The van der Waals surface area contributed by atoms with E-state index in [4.69, 9.17) is 10.5 Å². The average Bonchev–Trinajstić information content (AvgIpc) is 3.05. The van der Waals surface area contributed by atoms with Crippen LogP contribution in [0.25, 0.3) is 0 Å². The van der Waals surface area contributed by atoms with Crippen LogP contribution >= 0.6 is 31.9 Å². The predicted molar refractivity (Wildman–Crippen MR) is 144 cm³/mol. The first-order valence-electron chi connectivity index (χ1n) is 11.6. The van der Waals surface area contributed by atoms with E-state index in [0.29, 0.717) is 33.5 Å². The number of hydrogen-bond donors (Lipinski definition) is 2. The standard InChI is InChI=1S/C27H25Br2N3O4/c1-4-36-24(34)22-23(30)32(18-8-6-5-7-16(18)29)19-12-26(2,3)13-20(33)21(19)27(22)15-11-14(28)9-10-17(15)31-25(27)35/h5-11H,4,12-13,30H2,1-3H3,(H,31,35). The molecule has 0 radical (unpaired) electrons. The highest BCUT2D eigenvalue weighted by atomic mass is 79.9. The summed E-state index contributed by atoms with van der Waals surface area (Å²) in [6.45, 7) is 5.80. The zero-order chi connectivity index (χ0) is 26.0. The van der Waals surface area contributed by atoms with Crippen LogP contribution in [-0.2, 0) is 24.5 Å². The number of nitrogens with zero attached hydrogens (tertiary/aromatic N) is 1. The summed E-state index contributed by atoms with van der Waals surface area (Å²) >= 11 is 7.10. The zero-order valence-corrected chi connectivity index (χ0v) is 23.2. The van der Waals surface area contributed by atoms with Crippen LogP contribution in [0.4, 0.5) is 11.4 Å². The summed E-state index contributed by atoms with van der Waals surface area (Å²) in [6, 6.07) is 12.8. The highest BCUT2D eigenvalue weighted by molar-refractivity contribution is 9.10. The number of Topliss-reactive ketones (excluding diaryl/α,β-unsaturated/α-hetero) is 1. The van der Waals surface area contributed by atoms with Crippen molar-refractivity contribution >= 4 is 60.9 Å². The number of benzene rings is 2. The number of hydrogen-bond acceptors (Lipinski definition) is 6. The van der Waals surface area contributed by atoms with Gasteiger partial charge in [-0.2, -0.15) is 0 Å². The number of ether oxygens (including phenoxy) is 1. The number of fused-ring (bicyclic) bond motifs is 3. The fourth-order valence-corrected chi connectivity index (χ4v) is 6.44. The number of rotatable bonds is 3. The molecule has 1 unspecified atom stereocenters. The first-order chi connectivity index (χ1) is 17.0. The van der Waals surface area contributed by atoms with Gasteiger partial charge in [0.05, 0.1) is 12.3 Å². The van der Waals surface area contributed by atoms with Gasteiger partial charge in [0.15, 0.2) is 5.78 Å². The highest BCUT2D eigenvalue weighted by Gasteiger charge is 2.63. The molecule has 7 nitrogen and oxygen atoms in total. The molecule has 0 saturated carbocycles. The molecule has 2 heterocycles. The van der Waals surface area contributed by atoms with E-state index in [9.17, 15) is 14.4 Å². The van der Waals surface area contributed by atoms with Crippen molar-refractivity contribution in [2.24, 2.45) is 11.1 Å². The maximum atomic E-state index is 14.0. The molecule has 9 heteroatoms. The topological polar surface area (TPSA) is 102 Å². The normalized spacial score (nSPS) is 22.5. The van der Waals surface area contributed by atoms with Crippen molar-refractivity contribution in [2.75, 3.05) is 16.8 Å². The Morgan fingerprint density at radius 3 is 2.56 bits per heavy atom. The molecular formula is C27H25Br2N3O4. The van der Waals surface area contributed by atoms with Gasteiger partial charge in [0, 0.05) is 37.9 Å². The summed E-state index contributed by atoms with van der Waals surface area (Å²) in [5, 5.41) is 2.90. The van der Waals surface area contributed by atoms with E-state index in [2.05, 4.69) is 37.2 Å². The molecule has 0 saturated heterocycles. The monoisotopic (exact) mass is 613 g/mol. The number of para-hydroxylation sites is 1. The molecule has 0 fully saturated rings. The third kappa shape index (κ3) is 3.47. The summed E-state index contributed by atoms with van der Waals surface area (Å²) < 4.78 is 6.90. The van der Waals surface area contributed by atoms with E-state index in [1.165, 1.54) is 0 Å². The molecule has 36 heavy (non-hydrogen) atoms. The summed E-state index contributed by atoms with van der Waals surface area (Å²) in [5.74, 6) is -1.36. The van der Waals surface area contributed by atoms with E-state index in [0.717, 1.165) is 4.47 Å². The summed E-state index contributed by atoms with van der Waals surface area (Å²) in [5.41, 5.74) is 7.26. The second-order valence-corrected chi connectivity index (χ2v) is 11.7. The molecule has 0 aromatic heterocycles. The predicted octanol–water partition coefficient (Wildman–Crippen LogP) is 5.30. The van der Waals surface area contributed by atoms with Crippen molar-refractivity contribution in [3.05, 3.63) is 79.6 Å². The minimum absolute atomic E-state index is 0.0544. The van der Waals surface area contributed by atoms with Crippen molar-refractivity contribution in [1.82, 2.24) is 0 Å². The van der Waals surface area contributed by atoms with Gasteiger partial charge in [-0.05, 0) is 65.0 Å². The van der Waals surface area contributed by atoms with Gasteiger partial charge in [-0.15, -0.1) is 0 Å². The van der Waals surface area contributed by atoms with Crippen LogP contribution in [0, 0.1) is 5.41 Å². The zero-order valence-electron chi connectivity index (χ0n) is 20.1. The van der Waals surface area contributed by atoms with Crippen LogP contribution in [0.3, 0.4) is 0 Å². The van der Waals surface area contributed by atoms with Gasteiger partial charge >= 0.3 is 5.97 Å². The number of esters is 1. The number of carbonyl (C=O) groups is 3. The van der Waals surface area contributed by atoms with Crippen molar-refractivity contribution in [3.8, 4) is 0 Å². The summed E-state index contributed by atoms with van der Waals surface area (Å²) in [6.07, 6.45) is 0.703. The Morgan fingerprint density at radius 1 is 1.14 bits per heavy atom. The second-order valence-electron chi connectivity index (χ2n) is 9.92. The number of ketones is 1. The van der Waals surface area contributed by atoms with Crippen molar-refractivity contribution < 1.29 is 19.1 Å². The minimum Gasteiger partial charge on any atom is -0.462 e. The Hall–Kier alpha value is -2.91. The van der Waals surface area contributed by atoms with Crippen molar-refractivity contribution in [2.45, 2.75) is 39.0 Å². The van der Waals surface area contributed by atoms with Crippen molar-refractivity contribution in [1.29, 1.82) is 0 Å². The molecule has 3 N–H and O–H groups in total. The molecule has 1 spiro atoms. The molecule has 186 valence electrons. The number of amides is 1. The molecule has 1 aliphatic carbocycles. The molecule has 0 bridgehead atoms. The number of nitrogens with two attached hydrogens (primary N) is 1. The van der Waals surface area contributed by atoms with Gasteiger partial charge in [0.2, 0.25) is 5.91 Å². The number of halogens is 2. The third-order valence-corrected chi connectivity index (χ3v) is 8.08. The lowest BCUT2D eigenvalue weighted by atomic mass is 9.60. The van der Waals surface area contributed by atoms with E-state index < -0.39 is 17.3 Å². The maximum Gasteiger partial charge on any atom is 0.339 e. The van der Waals surface area contributed by atoms with Crippen LogP contribution in [0.1, 0.15) is 39.2 Å². The third-order valence-electron chi connectivity index (χ3n) is 6.92. The quantitative estimate of drug-likeness (QED) is 0.455. The molecule has 5 rings (SSSR count). The second kappa shape index (κ2) is 8.59. The molecule has 1 amide bonds. The Labute approximate surface area is 226 Å². The molecular weight excluding hydrogens is 590 g/mol. The van der Waals surface area contributed by atoms with Crippen LogP contribution in [-0.4, -0.2) is 24.3 Å². The first-order valence-corrected chi connectivity index (χ1v) is 13.2. The van der Waals surface area contributed by atoms with Crippen molar-refractivity contribution in [3.63, 3.8) is 0 Å². The molecule has 2 aliphatic heterocycles. The first kappa shape index (κ1) is 24.8. The number of anilines is 2. The van der Waals surface area contributed by atoms with Crippen LogP contribution in [0.5, 0.6) is 0 Å². The lowest BCUT2D eigenvalue weighted by Crippen LogP contribution is -2.54. The Morgan fingerprint density at radius 2 is 1.86 bits per heavy atom. The van der Waals surface area contributed by atoms with Gasteiger partial charge in [0.1, 0.15) is 16.8 Å². The van der Waals surface area contributed by atoms with Crippen LogP contribution in [0.15, 0.2) is 74.1 Å². The molecule has 3 aliphatic rings. The van der Waals surface area contributed by atoms with E-state index >= 15 is 0 Å². The summed E-state index contributed by atoms with van der Waals surface area (Å²) in [4.78, 5) is 43.4. The van der Waals surface area contributed by atoms with E-state index in [1.807, 2.05) is 38.1 Å². The SMILES string of the molecule is CCOC(=O)C1=C(N)N(c2ccccc2Br)C2=C(C(=O)CC(C)(C)C2)C12C(=O)Nc1ccc(Br)cc12. The fraction of sp³-hybridized carbons (Fsp3) is 0.296. The van der Waals surface area contributed by atoms with Gasteiger partial charge in [-0.1, -0.05) is 41.9 Å². The Bertz CT molecular complexity index is 1410. The smallest absolute Gasteiger partial charge is 0.339 e. The van der Waals surface area contributed by atoms with Gasteiger partial charge in [-0.3, -0.25) is 14.5 Å². The minimum atomic E-state index is -1.73. The maximum absolute atomic E-state index is 14.0. The van der Waals surface area contributed by atoms with E-state index in [-0.39, 0.29) is 41.2 Å². The van der Waals surface area contributed by atoms with Gasteiger partial charge < -0.3 is 15.8 Å². The summed E-state index contributed by atoms with van der Waals surface area (Å²) in [7, 11) is 0. The van der Waals surface area contributed by atoms with Crippen LogP contribution in [0.2, 0.25) is 0 Å². The fourth-order valence-electron chi connectivity index (χ4n) is 5.62. The lowest BCUT2D eigenvalue weighted by molar-refractivity contribution is -0.140. The van der Waals surface area contributed by atoms with Gasteiger partial charge in [-0.25, -0.2) is 4.79 Å². The Kier molecular flexibility index (Phi) is 5.91. The molecule has 1 atom stereocenters. The number of nitrogens with one attached hydrogen (secondary N) is 1. The average molecular weight is 615 g/mol. The van der Waals surface area contributed by atoms with Crippen LogP contribution < -0.4 is 16.0 Å². The van der Waals surface area contributed by atoms with E-state index in [1.54, 1.807) is 30.0 Å². The van der Waals surface area contributed by atoms with Gasteiger partial charge in [0.25, 0.3) is 0 Å². The molecule has 2 aromatic rings. The Balaban J connectivity index is 1.95. The highest BCUT2D eigenvalue weighted by Crippen LogP contribution is 2.58.